The molecule has 0 spiro atoms. The van der Waals surface area contributed by atoms with Crippen molar-refractivity contribution >= 4 is 0 Å². The zero-order valence-electron chi connectivity index (χ0n) is 8.57. The molecule has 0 saturated carbocycles. The number of nitrogens with zero attached hydrogens (tertiary/aromatic N) is 1. The molecule has 0 aliphatic heterocycles. The van der Waals surface area contributed by atoms with Gasteiger partial charge in [-0.15, -0.1) is 0 Å². The largest absolute Gasteiger partial charge is 0.192 e. The summed E-state index contributed by atoms with van der Waals surface area (Å²) < 4.78 is 0. The predicted molar refractivity (Wildman–Crippen MR) is 62.4 cm³/mol. The average Bonchev–Trinajstić information content (AvgIpc) is 2.38. The monoisotopic (exact) mass is 202 g/mol. The number of benzene rings is 2. The summed E-state index contributed by atoms with van der Waals surface area (Å²) >= 11 is 0. The highest BCUT2D eigenvalue weighted by Crippen LogP contribution is 2.02. The van der Waals surface area contributed by atoms with Crippen LogP contribution in [-0.2, 0) is 0 Å². The van der Waals surface area contributed by atoms with Gasteiger partial charge >= 0.3 is 0 Å². The van der Waals surface area contributed by atoms with E-state index in [0.29, 0.717) is 5.56 Å². The van der Waals surface area contributed by atoms with E-state index in [4.69, 9.17) is 5.26 Å². The maximum Gasteiger partial charge on any atom is 0.0991 e. The molecule has 73 valence electrons. The van der Waals surface area contributed by atoms with E-state index in [1.165, 1.54) is 0 Å². The van der Waals surface area contributed by atoms with Crippen molar-refractivity contribution in [2.24, 2.45) is 0 Å². The summed E-state index contributed by atoms with van der Waals surface area (Å²) in [5.74, 6) is 6.08. The van der Waals surface area contributed by atoms with Crippen LogP contribution in [0.4, 0.5) is 0 Å². The minimum atomic E-state index is 0.653. The van der Waals surface area contributed by atoms with Crippen LogP contribution >= 0.6 is 0 Å². The van der Waals surface area contributed by atoms with Crippen molar-refractivity contribution in [1.29, 1.82) is 5.26 Å². The summed E-state index contributed by atoms with van der Waals surface area (Å²) in [5, 5.41) is 8.65. The molecule has 0 bridgehead atoms. The Kier molecular flexibility index (Phi) is 3.02. The van der Waals surface area contributed by atoms with Crippen LogP contribution in [0.1, 0.15) is 16.7 Å². The molecule has 0 fully saturated rings. The summed E-state index contributed by atoms with van der Waals surface area (Å²) in [6, 6.07) is 19.7. The van der Waals surface area contributed by atoms with Gasteiger partial charge in [0.05, 0.1) is 11.6 Å². The quantitative estimate of drug-likeness (QED) is 0.602. The summed E-state index contributed by atoms with van der Waals surface area (Å²) in [5.41, 5.74) is 2.52. The summed E-state index contributed by atoms with van der Waals surface area (Å²) in [4.78, 5) is 0. The van der Waals surface area contributed by atoms with E-state index < -0.39 is 0 Å². The van der Waals surface area contributed by atoms with Gasteiger partial charge in [0.2, 0.25) is 0 Å². The summed E-state index contributed by atoms with van der Waals surface area (Å²) in [7, 11) is 0. The van der Waals surface area contributed by atoms with E-state index in [-0.39, 0.29) is 0 Å². The number of nitriles is 1. The van der Waals surface area contributed by atoms with E-state index >= 15 is 0 Å². The Labute approximate surface area is 95.0 Å². The molecule has 0 aromatic heterocycles. The lowest BCUT2D eigenvalue weighted by atomic mass is 10.1. The van der Waals surface area contributed by atoms with Crippen LogP contribution in [0.25, 0.3) is 0 Å². The molecule has 0 atom stereocenters. The van der Waals surface area contributed by atoms with Crippen LogP contribution in [0, 0.1) is 29.2 Å². The molecule has 2 aromatic carbocycles. The van der Waals surface area contributed by atoms with Crippen LogP contribution in [0.5, 0.6) is 0 Å². The fraction of sp³-hybridized carbons (Fsp3) is 0. The second-order valence-electron chi connectivity index (χ2n) is 3.23. The third-order valence-corrected chi connectivity index (χ3v) is 2.08. The predicted octanol–water partition coefficient (Wildman–Crippen LogP) is 2.76. The van der Waals surface area contributed by atoms with Crippen molar-refractivity contribution in [3.63, 3.8) is 0 Å². The van der Waals surface area contributed by atoms with Gasteiger partial charge in [-0.05, 0) is 42.5 Å². The molecule has 0 amide bonds. The van der Waals surface area contributed by atoms with Gasteiger partial charge in [0.25, 0.3) is 0 Å². The topological polar surface area (TPSA) is 23.8 Å². The Hall–Kier alpha value is -2.51. The molecular formula is C15H8N. The Bertz CT molecular complexity index is 563. The zero-order valence-corrected chi connectivity index (χ0v) is 8.57. The number of rotatable bonds is 0. The lowest BCUT2D eigenvalue weighted by Gasteiger charge is -1.90. The van der Waals surface area contributed by atoms with Crippen LogP contribution in [0.15, 0.2) is 48.5 Å². The minimum absolute atomic E-state index is 0.653. The second kappa shape index (κ2) is 4.82. The Morgan fingerprint density at radius 3 is 1.81 bits per heavy atom. The highest BCUT2D eigenvalue weighted by molar-refractivity contribution is 5.44. The molecule has 0 N–H and O–H groups in total. The van der Waals surface area contributed by atoms with Gasteiger partial charge < -0.3 is 0 Å². The normalized spacial score (nSPS) is 8.69. The van der Waals surface area contributed by atoms with Crippen LogP contribution in [0.2, 0.25) is 0 Å². The molecule has 2 aromatic rings. The molecule has 2 rings (SSSR count). The first-order valence-electron chi connectivity index (χ1n) is 4.87. The number of hydrogen-bond donors (Lipinski definition) is 0. The molecule has 0 heterocycles. The Balaban J connectivity index is 2.22. The van der Waals surface area contributed by atoms with Gasteiger partial charge in [-0.3, -0.25) is 0 Å². The zero-order chi connectivity index (χ0) is 11.2. The highest BCUT2D eigenvalue weighted by atomic mass is 14.2. The first kappa shape index (κ1) is 10.0. The maximum atomic E-state index is 8.65. The highest BCUT2D eigenvalue weighted by Gasteiger charge is 1.89. The molecule has 1 heteroatoms. The van der Waals surface area contributed by atoms with Gasteiger partial charge in [0, 0.05) is 11.1 Å². The fourth-order valence-corrected chi connectivity index (χ4v) is 1.24. The lowest BCUT2D eigenvalue weighted by molar-refractivity contribution is 1.48. The molecule has 0 aliphatic rings. The lowest BCUT2D eigenvalue weighted by Crippen LogP contribution is -1.77. The Morgan fingerprint density at radius 2 is 1.25 bits per heavy atom. The van der Waals surface area contributed by atoms with Gasteiger partial charge in [-0.2, -0.15) is 5.26 Å². The first-order chi connectivity index (χ1) is 7.88. The number of hydrogen-bond acceptors (Lipinski definition) is 1. The molecule has 0 aliphatic carbocycles. The van der Waals surface area contributed by atoms with Crippen LogP contribution in [0.3, 0.4) is 0 Å². The van der Waals surface area contributed by atoms with E-state index in [9.17, 15) is 0 Å². The van der Waals surface area contributed by atoms with E-state index in [1.807, 2.05) is 36.4 Å². The SMILES string of the molecule is N#Cc1ccc(C#Cc2cc[c]cc2)cc1. The first-order valence-corrected chi connectivity index (χ1v) is 4.87. The maximum absolute atomic E-state index is 8.65. The van der Waals surface area contributed by atoms with Crippen molar-refractivity contribution in [3.05, 3.63) is 71.3 Å². The molecule has 0 unspecified atom stereocenters. The van der Waals surface area contributed by atoms with E-state index in [0.717, 1.165) is 11.1 Å². The van der Waals surface area contributed by atoms with E-state index in [1.54, 1.807) is 12.1 Å². The minimum Gasteiger partial charge on any atom is -0.192 e. The van der Waals surface area contributed by atoms with Gasteiger partial charge in [-0.25, -0.2) is 0 Å². The average molecular weight is 202 g/mol. The second-order valence-corrected chi connectivity index (χ2v) is 3.23. The fourth-order valence-electron chi connectivity index (χ4n) is 1.24. The van der Waals surface area contributed by atoms with Crippen molar-refractivity contribution in [2.45, 2.75) is 0 Å². The van der Waals surface area contributed by atoms with Crippen molar-refractivity contribution in [2.75, 3.05) is 0 Å². The summed E-state index contributed by atoms with van der Waals surface area (Å²) in [6.45, 7) is 0. The smallest absolute Gasteiger partial charge is 0.0991 e. The van der Waals surface area contributed by atoms with Gasteiger partial charge in [0.15, 0.2) is 0 Å². The third kappa shape index (κ3) is 2.50. The molecule has 16 heavy (non-hydrogen) atoms. The van der Waals surface area contributed by atoms with E-state index in [2.05, 4.69) is 24.0 Å². The third-order valence-electron chi connectivity index (χ3n) is 2.08. The molecule has 1 nitrogen and oxygen atoms in total. The van der Waals surface area contributed by atoms with Gasteiger partial charge in [-0.1, -0.05) is 24.0 Å². The molecule has 0 saturated heterocycles. The molecule has 1 radical (unpaired) electrons. The Morgan fingerprint density at radius 1 is 0.750 bits per heavy atom. The van der Waals surface area contributed by atoms with Crippen molar-refractivity contribution in [3.8, 4) is 17.9 Å². The van der Waals surface area contributed by atoms with Crippen LogP contribution in [-0.4, -0.2) is 0 Å². The van der Waals surface area contributed by atoms with Crippen molar-refractivity contribution in [1.82, 2.24) is 0 Å². The molecular weight excluding hydrogens is 194 g/mol. The standard InChI is InChI=1S/C15H8N/c16-12-15-10-8-14(9-11-15)7-6-13-4-2-1-3-5-13/h2-5,8-11H. The van der Waals surface area contributed by atoms with Crippen LogP contribution < -0.4 is 0 Å². The van der Waals surface area contributed by atoms with Crippen molar-refractivity contribution < 1.29 is 0 Å². The van der Waals surface area contributed by atoms with Gasteiger partial charge in [0.1, 0.15) is 0 Å². The summed E-state index contributed by atoms with van der Waals surface area (Å²) in [6.07, 6.45) is 0.